The van der Waals surface area contributed by atoms with Gasteiger partial charge in [-0.1, -0.05) is 13.8 Å². The second-order valence-corrected chi connectivity index (χ2v) is 8.37. The van der Waals surface area contributed by atoms with Gasteiger partial charge < -0.3 is 25.2 Å². The molecule has 1 fully saturated rings. The molecule has 0 saturated carbocycles. The lowest BCUT2D eigenvalue weighted by molar-refractivity contribution is -0.145. The monoisotopic (exact) mass is 372 g/mol. The summed E-state index contributed by atoms with van der Waals surface area (Å²) in [7, 11) is 0. The highest BCUT2D eigenvalue weighted by Crippen LogP contribution is 2.24. The third kappa shape index (κ3) is 7.19. The maximum atomic E-state index is 12.6. The standard InChI is InChI=1S/C18H32N2O6/c1-11(2)6-14(10-21)19-15(22)12-7-13(16(23)24)9-20(8-12)17(25)26-18(3,4)5/h11-14,21H,6-10H2,1-5H3,(H,19,22)(H,23,24)/t12-,13+,14?/m0/s1. The number of aliphatic carboxylic acids is 1. The minimum absolute atomic E-state index is 0.0173. The number of carbonyl (C=O) groups is 3. The molecular weight excluding hydrogens is 340 g/mol. The van der Waals surface area contributed by atoms with E-state index in [2.05, 4.69) is 5.32 Å². The minimum atomic E-state index is -1.04. The number of nitrogens with one attached hydrogen (secondary N) is 1. The van der Waals surface area contributed by atoms with Crippen molar-refractivity contribution >= 4 is 18.0 Å². The molecule has 1 saturated heterocycles. The van der Waals surface area contributed by atoms with Gasteiger partial charge >= 0.3 is 12.1 Å². The van der Waals surface area contributed by atoms with E-state index >= 15 is 0 Å². The summed E-state index contributed by atoms with van der Waals surface area (Å²) in [6.07, 6.45) is 0.148. The zero-order valence-corrected chi connectivity index (χ0v) is 16.3. The van der Waals surface area contributed by atoms with Crippen molar-refractivity contribution in [3.8, 4) is 0 Å². The molecule has 0 spiro atoms. The summed E-state index contributed by atoms with van der Waals surface area (Å²) in [5.41, 5.74) is -0.704. The number of carboxylic acids is 1. The number of aliphatic hydroxyl groups is 1. The van der Waals surface area contributed by atoms with Crippen molar-refractivity contribution in [2.24, 2.45) is 17.8 Å². The number of amides is 2. The number of aliphatic hydroxyl groups excluding tert-OH is 1. The van der Waals surface area contributed by atoms with Crippen LogP contribution in [0.1, 0.15) is 47.5 Å². The van der Waals surface area contributed by atoms with Gasteiger partial charge in [0.25, 0.3) is 0 Å². The van der Waals surface area contributed by atoms with Crippen LogP contribution in [0.4, 0.5) is 4.79 Å². The van der Waals surface area contributed by atoms with Crippen LogP contribution in [0.5, 0.6) is 0 Å². The predicted molar refractivity (Wildman–Crippen MR) is 95.5 cm³/mol. The lowest BCUT2D eigenvalue weighted by atomic mass is 9.88. The number of likely N-dealkylation sites (tertiary alicyclic amines) is 1. The van der Waals surface area contributed by atoms with E-state index in [1.54, 1.807) is 20.8 Å². The molecule has 0 aromatic heterocycles. The molecule has 0 aliphatic carbocycles. The molecule has 2 amide bonds. The largest absolute Gasteiger partial charge is 0.481 e. The van der Waals surface area contributed by atoms with E-state index in [0.717, 1.165) is 0 Å². The van der Waals surface area contributed by atoms with Crippen LogP contribution >= 0.6 is 0 Å². The fourth-order valence-corrected chi connectivity index (χ4v) is 3.01. The molecular formula is C18H32N2O6. The van der Waals surface area contributed by atoms with E-state index in [4.69, 9.17) is 4.74 Å². The topological polar surface area (TPSA) is 116 Å². The lowest BCUT2D eigenvalue weighted by Gasteiger charge is -2.36. The summed E-state index contributed by atoms with van der Waals surface area (Å²) in [5.74, 6) is -2.58. The normalized spacial score (nSPS) is 22.0. The molecule has 3 atom stereocenters. The Labute approximate surface area is 154 Å². The summed E-state index contributed by atoms with van der Waals surface area (Å²) >= 11 is 0. The Balaban J connectivity index is 2.83. The molecule has 8 heteroatoms. The van der Waals surface area contributed by atoms with E-state index in [9.17, 15) is 24.6 Å². The van der Waals surface area contributed by atoms with Crippen LogP contribution in [-0.4, -0.2) is 64.4 Å². The van der Waals surface area contributed by atoms with Gasteiger partial charge in [0.15, 0.2) is 0 Å². The third-order valence-corrected chi connectivity index (χ3v) is 4.15. The Morgan fingerprint density at radius 3 is 2.23 bits per heavy atom. The summed E-state index contributed by atoms with van der Waals surface area (Å²) in [5, 5.41) is 21.6. The van der Waals surface area contributed by atoms with Crippen molar-refractivity contribution in [3.63, 3.8) is 0 Å². The Bertz CT molecular complexity index is 514. The molecule has 150 valence electrons. The van der Waals surface area contributed by atoms with Crippen LogP contribution in [-0.2, 0) is 14.3 Å². The molecule has 26 heavy (non-hydrogen) atoms. The molecule has 8 nitrogen and oxygen atoms in total. The van der Waals surface area contributed by atoms with Crippen molar-refractivity contribution in [1.29, 1.82) is 0 Å². The molecule has 1 unspecified atom stereocenters. The summed E-state index contributed by atoms with van der Waals surface area (Å²) in [4.78, 5) is 37.6. The highest BCUT2D eigenvalue weighted by Gasteiger charge is 2.38. The van der Waals surface area contributed by atoms with Gasteiger partial charge in [-0.05, 0) is 39.5 Å². The predicted octanol–water partition coefficient (Wildman–Crippen LogP) is 1.47. The Hall–Kier alpha value is -1.83. The average Bonchev–Trinajstić information content (AvgIpc) is 2.51. The zero-order valence-electron chi connectivity index (χ0n) is 16.3. The number of piperidine rings is 1. The summed E-state index contributed by atoms with van der Waals surface area (Å²) in [6.45, 7) is 9.09. The SMILES string of the molecule is CC(C)CC(CO)NC(=O)[C@H]1C[C@@H](C(=O)O)CN(C(=O)OC(C)(C)C)C1. The molecule has 1 heterocycles. The van der Waals surface area contributed by atoms with Crippen molar-refractivity contribution in [2.75, 3.05) is 19.7 Å². The number of carboxylic acid groups (broad SMARTS) is 1. The summed E-state index contributed by atoms with van der Waals surface area (Å²) < 4.78 is 5.31. The molecule has 1 rings (SSSR count). The first-order valence-electron chi connectivity index (χ1n) is 9.04. The number of nitrogens with zero attached hydrogens (tertiary/aromatic N) is 1. The molecule has 0 aromatic carbocycles. The molecule has 0 radical (unpaired) electrons. The third-order valence-electron chi connectivity index (χ3n) is 4.15. The van der Waals surface area contributed by atoms with Crippen molar-refractivity contribution in [2.45, 2.75) is 59.1 Å². The van der Waals surface area contributed by atoms with Crippen LogP contribution in [0, 0.1) is 17.8 Å². The van der Waals surface area contributed by atoms with Crippen LogP contribution in [0.2, 0.25) is 0 Å². The first-order valence-corrected chi connectivity index (χ1v) is 9.04. The van der Waals surface area contributed by atoms with Crippen molar-refractivity contribution < 1.29 is 29.3 Å². The van der Waals surface area contributed by atoms with Gasteiger partial charge in [-0.15, -0.1) is 0 Å². The van der Waals surface area contributed by atoms with E-state index < -0.39 is 29.5 Å². The highest BCUT2D eigenvalue weighted by atomic mass is 16.6. The molecule has 1 aliphatic heterocycles. The van der Waals surface area contributed by atoms with Gasteiger partial charge in [0.05, 0.1) is 24.5 Å². The Morgan fingerprint density at radius 1 is 1.19 bits per heavy atom. The van der Waals surface area contributed by atoms with Crippen LogP contribution in [0.3, 0.4) is 0 Å². The van der Waals surface area contributed by atoms with Gasteiger partial charge in [0.1, 0.15) is 5.60 Å². The summed E-state index contributed by atoms with van der Waals surface area (Å²) in [6, 6.07) is -0.386. The first-order chi connectivity index (χ1) is 11.9. The number of carbonyl (C=O) groups excluding carboxylic acids is 2. The van der Waals surface area contributed by atoms with E-state index in [-0.39, 0.29) is 38.1 Å². The fraction of sp³-hybridized carbons (Fsp3) is 0.833. The lowest BCUT2D eigenvalue weighted by Crippen LogP contribution is -2.52. The second kappa shape index (κ2) is 9.21. The Morgan fingerprint density at radius 2 is 1.77 bits per heavy atom. The van der Waals surface area contributed by atoms with Gasteiger partial charge in [0, 0.05) is 13.1 Å². The van der Waals surface area contributed by atoms with Crippen LogP contribution in [0.15, 0.2) is 0 Å². The highest BCUT2D eigenvalue weighted by molar-refractivity contribution is 5.82. The van der Waals surface area contributed by atoms with E-state index in [1.165, 1.54) is 4.90 Å². The van der Waals surface area contributed by atoms with Crippen molar-refractivity contribution in [3.05, 3.63) is 0 Å². The van der Waals surface area contributed by atoms with Gasteiger partial charge in [-0.25, -0.2) is 4.79 Å². The number of hydrogen-bond donors (Lipinski definition) is 3. The van der Waals surface area contributed by atoms with Gasteiger partial charge in [0.2, 0.25) is 5.91 Å². The van der Waals surface area contributed by atoms with Gasteiger partial charge in [-0.3, -0.25) is 9.59 Å². The fourth-order valence-electron chi connectivity index (χ4n) is 3.01. The maximum Gasteiger partial charge on any atom is 0.410 e. The molecule has 1 aliphatic rings. The quantitative estimate of drug-likeness (QED) is 0.650. The number of rotatable bonds is 6. The smallest absolute Gasteiger partial charge is 0.410 e. The van der Waals surface area contributed by atoms with Crippen LogP contribution < -0.4 is 5.32 Å². The van der Waals surface area contributed by atoms with E-state index in [0.29, 0.717) is 12.3 Å². The minimum Gasteiger partial charge on any atom is -0.481 e. The zero-order chi connectivity index (χ0) is 20.1. The first kappa shape index (κ1) is 22.2. The van der Waals surface area contributed by atoms with Crippen molar-refractivity contribution in [1.82, 2.24) is 10.2 Å². The van der Waals surface area contributed by atoms with Gasteiger partial charge in [-0.2, -0.15) is 0 Å². The number of hydrogen-bond acceptors (Lipinski definition) is 5. The van der Waals surface area contributed by atoms with Crippen LogP contribution in [0.25, 0.3) is 0 Å². The molecule has 0 bridgehead atoms. The van der Waals surface area contributed by atoms with E-state index in [1.807, 2.05) is 13.8 Å². The molecule has 0 aromatic rings. The average molecular weight is 372 g/mol. The number of ether oxygens (including phenoxy) is 1. The molecule has 3 N–H and O–H groups in total. The Kier molecular flexibility index (Phi) is 7.87. The maximum absolute atomic E-state index is 12.6. The second-order valence-electron chi connectivity index (χ2n) is 8.37.